The number of ether oxygens (including phenoxy) is 2. The quantitative estimate of drug-likeness (QED) is 0.486. The van der Waals surface area contributed by atoms with E-state index < -0.39 is 52.7 Å². The molecule has 0 saturated carbocycles. The van der Waals surface area contributed by atoms with Crippen molar-refractivity contribution in [2.75, 3.05) is 0 Å². The van der Waals surface area contributed by atoms with Crippen LogP contribution in [0.25, 0.3) is 0 Å². The maximum atomic E-state index is 12.3. The van der Waals surface area contributed by atoms with Crippen LogP contribution >= 0.6 is 0 Å². The first-order valence-corrected chi connectivity index (χ1v) is 14.2. The normalized spacial score (nSPS) is 14.2. The summed E-state index contributed by atoms with van der Waals surface area (Å²) in [4.78, 5) is 47.3. The molecule has 0 aromatic heterocycles. The van der Waals surface area contributed by atoms with Gasteiger partial charge < -0.3 is 18.3 Å². The zero-order chi connectivity index (χ0) is 19.3. The summed E-state index contributed by atoms with van der Waals surface area (Å²) in [7, 11) is -4.65. The molecule has 0 rings (SSSR count). The van der Waals surface area contributed by atoms with Gasteiger partial charge in [0.05, 0.1) is 0 Å². The number of rotatable bonds is 7. The van der Waals surface area contributed by atoms with Crippen LogP contribution in [0.15, 0.2) is 0 Å². The average molecular weight is 379 g/mol. The third-order valence-electron chi connectivity index (χ3n) is 2.14. The first-order valence-electron chi connectivity index (χ1n) is 7.42. The van der Waals surface area contributed by atoms with Gasteiger partial charge in [0.1, 0.15) is 0 Å². The van der Waals surface area contributed by atoms with Crippen LogP contribution in [-0.4, -0.2) is 52.7 Å². The van der Waals surface area contributed by atoms with Crippen molar-refractivity contribution < 1.29 is 37.5 Å². The monoisotopic (exact) mass is 378 g/mol. The van der Waals surface area contributed by atoms with E-state index in [-0.39, 0.29) is 0 Å². The van der Waals surface area contributed by atoms with E-state index in [1.165, 1.54) is 0 Å². The highest BCUT2D eigenvalue weighted by atomic mass is 28.4. The van der Waals surface area contributed by atoms with Crippen molar-refractivity contribution >= 4 is 40.5 Å². The maximum absolute atomic E-state index is 12.3. The Hall–Kier alpha value is -1.69. The molecule has 138 valence electrons. The third-order valence-corrected chi connectivity index (χ3v) is 3.77. The summed E-state index contributed by atoms with van der Waals surface area (Å²) >= 11 is 0. The second-order valence-electron chi connectivity index (χ2n) is 7.13. The lowest BCUT2D eigenvalue weighted by Crippen LogP contribution is -2.50. The molecule has 0 spiro atoms. The summed E-state index contributed by atoms with van der Waals surface area (Å²) in [5.74, 6) is -3.51. The summed E-state index contributed by atoms with van der Waals surface area (Å²) in [6.45, 7) is 12.6. The fourth-order valence-corrected chi connectivity index (χ4v) is 2.98. The summed E-state index contributed by atoms with van der Waals surface area (Å²) < 4.78 is 20.4. The van der Waals surface area contributed by atoms with Crippen molar-refractivity contribution in [1.82, 2.24) is 0 Å². The lowest BCUT2D eigenvalue weighted by atomic mass is 10.2. The molecule has 0 fully saturated rings. The largest absolute Gasteiger partial charge is 0.517 e. The van der Waals surface area contributed by atoms with E-state index in [0.717, 1.165) is 13.8 Å². The lowest BCUT2D eigenvalue weighted by Gasteiger charge is -2.28. The van der Waals surface area contributed by atoms with E-state index in [9.17, 15) is 19.2 Å². The Bertz CT molecular complexity index is 458. The molecular formula is C14H26O8Si2. The van der Waals surface area contributed by atoms with Crippen LogP contribution in [0.1, 0.15) is 13.8 Å². The Morgan fingerprint density at radius 3 is 1.04 bits per heavy atom. The summed E-state index contributed by atoms with van der Waals surface area (Å²) in [6.07, 6.45) is -3.41. The molecule has 0 N–H and O–H groups in total. The fourth-order valence-electron chi connectivity index (χ4n) is 1.54. The Kier molecular flexibility index (Phi) is 7.83. The van der Waals surface area contributed by atoms with Gasteiger partial charge in [0.25, 0.3) is 0 Å². The Morgan fingerprint density at radius 1 is 0.625 bits per heavy atom. The van der Waals surface area contributed by atoms with Gasteiger partial charge in [-0.1, -0.05) is 0 Å². The van der Waals surface area contributed by atoms with Gasteiger partial charge in [0, 0.05) is 13.8 Å². The predicted molar refractivity (Wildman–Crippen MR) is 90.0 cm³/mol. The van der Waals surface area contributed by atoms with Crippen molar-refractivity contribution in [3.05, 3.63) is 0 Å². The highest BCUT2D eigenvalue weighted by Crippen LogP contribution is 2.16. The molecule has 0 aromatic carbocycles. The van der Waals surface area contributed by atoms with Crippen molar-refractivity contribution in [3.8, 4) is 0 Å². The SMILES string of the molecule is CC(=O)OC(C(=O)O[Si](C)(C)C)C(OC(C)=O)C(=O)O[Si](C)(C)C. The summed E-state index contributed by atoms with van der Waals surface area (Å²) in [6, 6.07) is 0. The van der Waals surface area contributed by atoms with Gasteiger partial charge in [-0.25, -0.2) is 9.59 Å². The van der Waals surface area contributed by atoms with Gasteiger partial charge in [-0.05, 0) is 39.3 Å². The number of hydrogen-bond acceptors (Lipinski definition) is 8. The Labute approximate surface area is 144 Å². The second-order valence-corrected chi connectivity index (χ2v) is 16.0. The molecule has 2 atom stereocenters. The molecule has 0 amide bonds. The first kappa shape index (κ1) is 22.3. The number of hydrogen-bond donors (Lipinski definition) is 0. The highest BCUT2D eigenvalue weighted by molar-refractivity contribution is 6.71. The minimum absolute atomic E-state index is 0.814. The average Bonchev–Trinajstić information content (AvgIpc) is 2.28. The Balaban J connectivity index is 5.63. The van der Waals surface area contributed by atoms with Gasteiger partial charge in [0.2, 0.25) is 28.8 Å². The molecule has 24 heavy (non-hydrogen) atoms. The number of carbonyl (C=O) groups excluding carboxylic acids is 4. The molecule has 0 aliphatic carbocycles. The molecule has 0 saturated heterocycles. The standard InChI is InChI=1S/C14H26O8Si2/c1-9(15)19-11(13(17)21-23(3,4)5)12(20-10(2)16)14(18)22-24(6,7)8/h11-12H,1-8H3. The van der Waals surface area contributed by atoms with Crippen molar-refractivity contribution in [3.63, 3.8) is 0 Å². The summed E-state index contributed by atoms with van der Waals surface area (Å²) in [5.41, 5.74) is 0. The molecule has 0 radical (unpaired) electrons. The van der Waals surface area contributed by atoms with E-state index in [4.69, 9.17) is 18.3 Å². The third kappa shape index (κ3) is 9.45. The molecule has 0 aliphatic heterocycles. The molecular weight excluding hydrogens is 352 g/mol. The van der Waals surface area contributed by atoms with Crippen LogP contribution in [-0.2, 0) is 37.5 Å². The lowest BCUT2D eigenvalue weighted by molar-refractivity contribution is -0.184. The topological polar surface area (TPSA) is 105 Å². The molecule has 0 heterocycles. The zero-order valence-electron chi connectivity index (χ0n) is 15.4. The van der Waals surface area contributed by atoms with Crippen LogP contribution in [0.3, 0.4) is 0 Å². The zero-order valence-corrected chi connectivity index (χ0v) is 17.4. The van der Waals surface area contributed by atoms with Gasteiger partial charge in [-0.15, -0.1) is 0 Å². The Morgan fingerprint density at radius 2 is 0.875 bits per heavy atom. The predicted octanol–water partition coefficient (Wildman–Crippen LogP) is 1.61. The minimum Gasteiger partial charge on any atom is -0.517 e. The van der Waals surface area contributed by atoms with E-state index in [0.29, 0.717) is 0 Å². The number of esters is 2. The fraction of sp³-hybridized carbons (Fsp3) is 0.714. The van der Waals surface area contributed by atoms with Crippen LogP contribution in [0.5, 0.6) is 0 Å². The van der Waals surface area contributed by atoms with Crippen molar-refractivity contribution in [2.24, 2.45) is 0 Å². The van der Waals surface area contributed by atoms with Gasteiger partial charge in [-0.2, -0.15) is 0 Å². The van der Waals surface area contributed by atoms with E-state index >= 15 is 0 Å². The number of carbonyl (C=O) groups is 4. The summed E-state index contributed by atoms with van der Waals surface area (Å²) in [5, 5.41) is 0. The second kappa shape index (κ2) is 8.42. The van der Waals surface area contributed by atoms with Crippen molar-refractivity contribution in [2.45, 2.75) is 65.3 Å². The molecule has 8 nitrogen and oxygen atoms in total. The molecule has 10 heteroatoms. The van der Waals surface area contributed by atoms with Gasteiger partial charge >= 0.3 is 23.9 Å². The molecule has 0 aliphatic rings. The van der Waals surface area contributed by atoms with Gasteiger partial charge in [0.15, 0.2) is 0 Å². The van der Waals surface area contributed by atoms with E-state index in [2.05, 4.69) is 0 Å². The molecule has 0 aromatic rings. The van der Waals surface area contributed by atoms with E-state index in [1.54, 1.807) is 39.3 Å². The molecule has 0 bridgehead atoms. The highest BCUT2D eigenvalue weighted by Gasteiger charge is 2.44. The first-order chi connectivity index (χ1) is 10.6. The van der Waals surface area contributed by atoms with Crippen LogP contribution < -0.4 is 0 Å². The smallest absolute Gasteiger partial charge is 0.338 e. The van der Waals surface area contributed by atoms with Crippen LogP contribution in [0, 0.1) is 0 Å². The van der Waals surface area contributed by atoms with Crippen molar-refractivity contribution in [1.29, 1.82) is 0 Å². The van der Waals surface area contributed by atoms with Gasteiger partial charge in [-0.3, -0.25) is 9.59 Å². The maximum Gasteiger partial charge on any atom is 0.338 e. The minimum atomic E-state index is -2.33. The van der Waals surface area contributed by atoms with Crippen LogP contribution in [0.4, 0.5) is 0 Å². The van der Waals surface area contributed by atoms with Crippen LogP contribution in [0.2, 0.25) is 39.3 Å². The molecule has 2 unspecified atom stereocenters. The van der Waals surface area contributed by atoms with E-state index in [1.807, 2.05) is 0 Å².